The summed E-state index contributed by atoms with van der Waals surface area (Å²) in [6.45, 7) is 1.38. The van der Waals surface area contributed by atoms with Crippen LogP contribution in [0.15, 0.2) is 47.3 Å². The third-order valence-corrected chi connectivity index (χ3v) is 4.62. The van der Waals surface area contributed by atoms with Crippen molar-refractivity contribution >= 4 is 16.7 Å². The largest absolute Gasteiger partial charge is 0.497 e. The number of H-pyrrole nitrogens is 2. The van der Waals surface area contributed by atoms with Crippen molar-refractivity contribution in [3.05, 3.63) is 64.1 Å². The van der Waals surface area contributed by atoms with Crippen LogP contribution in [0, 0.1) is 0 Å². The monoisotopic (exact) mass is 353 g/mol. The number of fused-ring (bicyclic) bond motifs is 1. The van der Waals surface area contributed by atoms with Gasteiger partial charge in [0.05, 0.1) is 20.3 Å². The first-order valence-corrected chi connectivity index (χ1v) is 8.40. The fourth-order valence-corrected chi connectivity index (χ4v) is 3.22. The van der Waals surface area contributed by atoms with E-state index in [0.717, 1.165) is 22.1 Å². The van der Waals surface area contributed by atoms with Crippen molar-refractivity contribution < 1.29 is 14.3 Å². The summed E-state index contributed by atoms with van der Waals surface area (Å²) < 4.78 is 11.1. The van der Waals surface area contributed by atoms with E-state index in [1.807, 2.05) is 30.3 Å². The quantitative estimate of drug-likeness (QED) is 0.755. The van der Waals surface area contributed by atoms with E-state index in [9.17, 15) is 9.59 Å². The van der Waals surface area contributed by atoms with Crippen molar-refractivity contribution in [2.24, 2.45) is 0 Å². The van der Waals surface area contributed by atoms with Gasteiger partial charge in [-0.1, -0.05) is 18.2 Å². The normalized spacial score (nSPS) is 17.4. The zero-order valence-corrected chi connectivity index (χ0v) is 14.3. The Labute approximate surface area is 149 Å². The van der Waals surface area contributed by atoms with E-state index in [2.05, 4.69) is 16.3 Å². The number of aromatic nitrogens is 2. The van der Waals surface area contributed by atoms with E-state index in [1.165, 1.54) is 6.07 Å². The molecule has 4 rings (SSSR count). The van der Waals surface area contributed by atoms with Crippen LogP contribution in [0.25, 0.3) is 10.8 Å². The van der Waals surface area contributed by atoms with Crippen molar-refractivity contribution in [2.45, 2.75) is 6.10 Å². The first kappa shape index (κ1) is 16.4. The third kappa shape index (κ3) is 3.09. The van der Waals surface area contributed by atoms with Gasteiger partial charge < -0.3 is 14.4 Å². The first-order chi connectivity index (χ1) is 12.6. The number of carbonyl (C=O) groups is 1. The number of nitrogens with zero attached hydrogens (tertiary/aromatic N) is 1. The number of morpholine rings is 1. The molecule has 134 valence electrons. The van der Waals surface area contributed by atoms with E-state index in [1.54, 1.807) is 12.0 Å². The van der Waals surface area contributed by atoms with Gasteiger partial charge in [0.15, 0.2) is 0 Å². The van der Waals surface area contributed by atoms with Gasteiger partial charge in [0.25, 0.3) is 11.5 Å². The highest BCUT2D eigenvalue weighted by Gasteiger charge is 2.27. The zero-order valence-electron chi connectivity index (χ0n) is 14.3. The van der Waals surface area contributed by atoms with E-state index in [-0.39, 0.29) is 23.3 Å². The Morgan fingerprint density at radius 1 is 1.15 bits per heavy atom. The van der Waals surface area contributed by atoms with E-state index < -0.39 is 0 Å². The predicted molar refractivity (Wildman–Crippen MR) is 96.5 cm³/mol. The fraction of sp³-hybridized carbons (Fsp3) is 0.263. The Morgan fingerprint density at radius 3 is 2.73 bits per heavy atom. The van der Waals surface area contributed by atoms with E-state index >= 15 is 0 Å². The van der Waals surface area contributed by atoms with Crippen LogP contribution in [0.5, 0.6) is 5.75 Å². The van der Waals surface area contributed by atoms with Gasteiger partial charge in [-0.15, -0.1) is 0 Å². The number of aromatic amines is 2. The van der Waals surface area contributed by atoms with Crippen molar-refractivity contribution in [2.75, 3.05) is 26.8 Å². The molecule has 2 N–H and O–H groups in total. The molecule has 1 aliphatic heterocycles. The third-order valence-electron chi connectivity index (χ3n) is 4.62. The minimum Gasteiger partial charge on any atom is -0.497 e. The lowest BCUT2D eigenvalue weighted by molar-refractivity contribution is -0.0229. The number of hydrogen-bond acceptors (Lipinski definition) is 4. The lowest BCUT2D eigenvalue weighted by atomic mass is 10.0. The molecule has 7 heteroatoms. The molecule has 0 spiro atoms. The minimum absolute atomic E-state index is 0.204. The minimum atomic E-state index is -0.317. The van der Waals surface area contributed by atoms with E-state index in [0.29, 0.717) is 19.7 Å². The molecular formula is C19H19N3O4. The van der Waals surface area contributed by atoms with Gasteiger partial charge in [0.2, 0.25) is 0 Å². The molecule has 0 bridgehead atoms. The molecule has 1 unspecified atom stereocenters. The maximum Gasteiger partial charge on any atom is 0.272 e. The first-order valence-electron chi connectivity index (χ1n) is 8.40. The summed E-state index contributed by atoms with van der Waals surface area (Å²) in [5.41, 5.74) is 0.965. The van der Waals surface area contributed by atoms with Crippen molar-refractivity contribution in [1.29, 1.82) is 0 Å². The molecule has 2 aromatic carbocycles. The van der Waals surface area contributed by atoms with Crippen molar-refractivity contribution in [3.8, 4) is 5.75 Å². The Morgan fingerprint density at radius 2 is 1.96 bits per heavy atom. The number of methoxy groups -OCH3 is 1. The molecule has 1 fully saturated rings. The maximum atomic E-state index is 12.5. The summed E-state index contributed by atoms with van der Waals surface area (Å²) in [7, 11) is 1.65. The van der Waals surface area contributed by atoms with Crippen LogP contribution in [0.4, 0.5) is 0 Å². The topological polar surface area (TPSA) is 87.4 Å². The molecule has 7 nitrogen and oxygen atoms in total. The highest BCUT2D eigenvalue weighted by atomic mass is 16.5. The molecule has 0 radical (unpaired) electrons. The second kappa shape index (κ2) is 6.68. The van der Waals surface area contributed by atoms with Crippen molar-refractivity contribution in [1.82, 2.24) is 15.1 Å². The molecule has 1 aliphatic rings. The van der Waals surface area contributed by atoms with Crippen LogP contribution in [0.3, 0.4) is 0 Å². The summed E-state index contributed by atoms with van der Waals surface area (Å²) in [5.74, 6) is 0.610. The Bertz CT molecular complexity index is 1010. The van der Waals surface area contributed by atoms with Gasteiger partial charge >= 0.3 is 0 Å². The van der Waals surface area contributed by atoms with Crippen LogP contribution in [-0.2, 0) is 4.74 Å². The van der Waals surface area contributed by atoms with Gasteiger partial charge in [-0.2, -0.15) is 0 Å². The number of hydrogen-bond donors (Lipinski definition) is 2. The highest BCUT2D eigenvalue weighted by molar-refractivity contribution is 5.92. The Kier molecular flexibility index (Phi) is 4.22. The lowest BCUT2D eigenvalue weighted by Gasteiger charge is -2.33. The van der Waals surface area contributed by atoms with Gasteiger partial charge in [-0.25, -0.2) is 0 Å². The lowest BCUT2D eigenvalue weighted by Crippen LogP contribution is -2.42. The summed E-state index contributed by atoms with van der Waals surface area (Å²) in [4.78, 5) is 25.5. The van der Waals surface area contributed by atoms with Crippen LogP contribution >= 0.6 is 0 Å². The molecule has 0 saturated carbocycles. The SMILES string of the molecule is COc1ccc2cc(C3CN(C(=O)c4cc(=O)[nH][nH]4)CCO3)ccc2c1. The standard InChI is InChI=1S/C19H19N3O4/c1-25-15-5-4-12-8-14(3-2-13(12)9-15)17-11-22(6-7-26-17)19(24)16-10-18(23)21-20-16/h2-5,8-10,17H,6-7,11H2,1H3,(H2,20,21,23). The molecule has 0 aliphatic carbocycles. The maximum absolute atomic E-state index is 12.5. The van der Waals surface area contributed by atoms with Crippen LogP contribution in [0.2, 0.25) is 0 Å². The molecule has 1 atom stereocenters. The van der Waals surface area contributed by atoms with Crippen molar-refractivity contribution in [3.63, 3.8) is 0 Å². The van der Waals surface area contributed by atoms with Crippen LogP contribution in [-0.4, -0.2) is 47.8 Å². The number of benzene rings is 2. The molecule has 2 heterocycles. The van der Waals surface area contributed by atoms with Crippen LogP contribution in [0.1, 0.15) is 22.2 Å². The van der Waals surface area contributed by atoms with E-state index in [4.69, 9.17) is 9.47 Å². The molecule has 3 aromatic rings. The highest BCUT2D eigenvalue weighted by Crippen LogP contribution is 2.28. The molecule has 26 heavy (non-hydrogen) atoms. The molecule has 1 aromatic heterocycles. The fourth-order valence-electron chi connectivity index (χ4n) is 3.22. The van der Waals surface area contributed by atoms with Gasteiger partial charge in [-0.3, -0.25) is 19.8 Å². The second-order valence-corrected chi connectivity index (χ2v) is 6.26. The molecule has 1 amide bonds. The molecule has 1 saturated heterocycles. The van der Waals surface area contributed by atoms with Gasteiger partial charge in [0.1, 0.15) is 17.5 Å². The number of carbonyl (C=O) groups excluding carboxylic acids is 1. The smallest absolute Gasteiger partial charge is 0.272 e. The second-order valence-electron chi connectivity index (χ2n) is 6.26. The summed E-state index contributed by atoms with van der Waals surface area (Å²) >= 11 is 0. The number of nitrogens with one attached hydrogen (secondary N) is 2. The number of rotatable bonds is 3. The zero-order chi connectivity index (χ0) is 18.1. The Hall–Kier alpha value is -3.06. The summed E-state index contributed by atoms with van der Waals surface area (Å²) in [6, 6.07) is 13.3. The van der Waals surface area contributed by atoms with Gasteiger partial charge in [-0.05, 0) is 34.5 Å². The number of amides is 1. The van der Waals surface area contributed by atoms with Gasteiger partial charge in [0, 0.05) is 12.6 Å². The van der Waals surface area contributed by atoms with Crippen LogP contribution < -0.4 is 10.3 Å². The molecular weight excluding hydrogens is 334 g/mol. The average Bonchev–Trinajstić information content (AvgIpc) is 3.13. The predicted octanol–water partition coefficient (Wildman–Crippen LogP) is 2.08. The summed E-state index contributed by atoms with van der Waals surface area (Å²) in [5, 5.41) is 7.18. The average molecular weight is 353 g/mol. The number of ether oxygens (including phenoxy) is 2. The summed E-state index contributed by atoms with van der Waals surface area (Å²) in [6.07, 6.45) is -0.204. The Balaban J connectivity index is 1.56.